The number of anilines is 2. The van der Waals surface area contributed by atoms with Gasteiger partial charge in [-0.15, -0.1) is 0 Å². The minimum absolute atomic E-state index is 0.0221. The van der Waals surface area contributed by atoms with Crippen molar-refractivity contribution in [2.75, 3.05) is 30.3 Å². The van der Waals surface area contributed by atoms with Crippen molar-refractivity contribution in [3.05, 3.63) is 83.8 Å². The second-order valence-electron chi connectivity index (χ2n) is 7.82. The smallest absolute Gasteiger partial charge is 0.253 e. The second kappa shape index (κ2) is 10.5. The second-order valence-corrected chi connectivity index (χ2v) is 7.82. The molecular formula is C25H26N4O4. The molecule has 1 fully saturated rings. The quantitative estimate of drug-likeness (QED) is 0.491. The molecule has 170 valence electrons. The van der Waals surface area contributed by atoms with E-state index in [1.54, 1.807) is 60.9 Å². The van der Waals surface area contributed by atoms with Crippen LogP contribution in [0, 0.1) is 0 Å². The van der Waals surface area contributed by atoms with Gasteiger partial charge in [-0.05, 0) is 67.4 Å². The molecule has 0 radical (unpaired) electrons. The lowest BCUT2D eigenvalue weighted by atomic mass is 10.1. The zero-order valence-electron chi connectivity index (χ0n) is 18.2. The molecule has 33 heavy (non-hydrogen) atoms. The summed E-state index contributed by atoms with van der Waals surface area (Å²) in [6, 6.07) is 17.4. The molecule has 4 rings (SSSR count). The molecule has 0 bridgehead atoms. The Morgan fingerprint density at radius 2 is 1.67 bits per heavy atom. The van der Waals surface area contributed by atoms with Gasteiger partial charge < -0.3 is 25.3 Å². The van der Waals surface area contributed by atoms with Crippen molar-refractivity contribution < 1.29 is 18.8 Å². The van der Waals surface area contributed by atoms with Crippen LogP contribution in [0.5, 0.6) is 0 Å². The summed E-state index contributed by atoms with van der Waals surface area (Å²) in [4.78, 5) is 38.9. The van der Waals surface area contributed by atoms with Crippen molar-refractivity contribution in [3.63, 3.8) is 0 Å². The number of furan rings is 1. The average molecular weight is 447 g/mol. The van der Waals surface area contributed by atoms with Gasteiger partial charge in [0.15, 0.2) is 0 Å². The SMILES string of the molecule is O=C(CNc1cccc(C(=O)N2CCCC2)c1)Nc1ccc(C(=O)NCc2ccco2)cc1. The number of amides is 3. The van der Waals surface area contributed by atoms with Crippen LogP contribution in [0.4, 0.5) is 11.4 Å². The summed E-state index contributed by atoms with van der Waals surface area (Å²) in [6.07, 6.45) is 3.64. The first-order valence-electron chi connectivity index (χ1n) is 10.9. The summed E-state index contributed by atoms with van der Waals surface area (Å²) in [7, 11) is 0. The van der Waals surface area contributed by atoms with E-state index in [1.807, 2.05) is 11.0 Å². The highest BCUT2D eigenvalue weighted by Gasteiger charge is 2.19. The van der Waals surface area contributed by atoms with Gasteiger partial charge in [-0.3, -0.25) is 14.4 Å². The molecule has 0 aliphatic carbocycles. The Labute approximate surface area is 192 Å². The van der Waals surface area contributed by atoms with E-state index in [0.29, 0.717) is 34.8 Å². The summed E-state index contributed by atoms with van der Waals surface area (Å²) in [5, 5.41) is 8.62. The Bertz CT molecular complexity index is 1100. The number of carbonyl (C=O) groups excluding carboxylic acids is 3. The van der Waals surface area contributed by atoms with Crippen LogP contribution in [0.15, 0.2) is 71.3 Å². The largest absolute Gasteiger partial charge is 0.467 e. The predicted molar refractivity (Wildman–Crippen MR) is 125 cm³/mol. The van der Waals surface area contributed by atoms with Crippen LogP contribution in [0.25, 0.3) is 0 Å². The molecule has 2 heterocycles. The maximum absolute atomic E-state index is 12.5. The van der Waals surface area contributed by atoms with Crippen LogP contribution in [-0.2, 0) is 11.3 Å². The van der Waals surface area contributed by atoms with Gasteiger partial charge in [0.2, 0.25) is 5.91 Å². The minimum atomic E-state index is -0.235. The summed E-state index contributed by atoms with van der Waals surface area (Å²) >= 11 is 0. The fourth-order valence-electron chi connectivity index (χ4n) is 3.64. The number of hydrogen-bond acceptors (Lipinski definition) is 5. The number of likely N-dealkylation sites (tertiary alicyclic amines) is 1. The molecule has 2 aromatic carbocycles. The van der Waals surface area contributed by atoms with E-state index in [9.17, 15) is 14.4 Å². The van der Waals surface area contributed by atoms with Crippen molar-refractivity contribution >= 4 is 29.1 Å². The van der Waals surface area contributed by atoms with Gasteiger partial charge in [0, 0.05) is 35.6 Å². The summed E-state index contributed by atoms with van der Waals surface area (Å²) < 4.78 is 5.19. The molecule has 1 aliphatic rings. The first-order valence-corrected chi connectivity index (χ1v) is 10.9. The fraction of sp³-hybridized carbons (Fsp3) is 0.240. The van der Waals surface area contributed by atoms with Gasteiger partial charge in [-0.1, -0.05) is 6.07 Å². The van der Waals surface area contributed by atoms with E-state index in [1.165, 1.54) is 0 Å². The predicted octanol–water partition coefficient (Wildman–Crippen LogP) is 3.50. The molecule has 0 unspecified atom stereocenters. The molecule has 8 heteroatoms. The maximum atomic E-state index is 12.5. The Morgan fingerprint density at radius 1 is 0.879 bits per heavy atom. The monoisotopic (exact) mass is 446 g/mol. The third kappa shape index (κ3) is 6.00. The van der Waals surface area contributed by atoms with Gasteiger partial charge in [-0.2, -0.15) is 0 Å². The lowest BCUT2D eigenvalue weighted by molar-refractivity contribution is -0.114. The van der Waals surface area contributed by atoms with E-state index in [2.05, 4.69) is 16.0 Å². The number of nitrogens with zero attached hydrogens (tertiary/aromatic N) is 1. The van der Waals surface area contributed by atoms with E-state index in [0.717, 1.165) is 25.9 Å². The number of rotatable bonds is 8. The highest BCUT2D eigenvalue weighted by molar-refractivity contribution is 5.97. The maximum Gasteiger partial charge on any atom is 0.253 e. The minimum Gasteiger partial charge on any atom is -0.467 e. The Kier molecular flexibility index (Phi) is 7.04. The van der Waals surface area contributed by atoms with Crippen molar-refractivity contribution in [2.24, 2.45) is 0 Å². The summed E-state index contributed by atoms with van der Waals surface area (Å²) in [5.74, 6) is 0.232. The number of hydrogen-bond donors (Lipinski definition) is 3. The van der Waals surface area contributed by atoms with Crippen molar-refractivity contribution in [1.29, 1.82) is 0 Å². The zero-order valence-corrected chi connectivity index (χ0v) is 18.2. The fourth-order valence-corrected chi connectivity index (χ4v) is 3.64. The average Bonchev–Trinajstić information content (AvgIpc) is 3.56. The van der Waals surface area contributed by atoms with Crippen molar-refractivity contribution in [2.45, 2.75) is 19.4 Å². The molecule has 0 spiro atoms. The third-order valence-electron chi connectivity index (χ3n) is 5.39. The van der Waals surface area contributed by atoms with Crippen molar-refractivity contribution in [1.82, 2.24) is 10.2 Å². The number of benzene rings is 2. The van der Waals surface area contributed by atoms with Gasteiger partial charge in [0.1, 0.15) is 5.76 Å². The molecule has 3 N–H and O–H groups in total. The Morgan fingerprint density at radius 3 is 2.39 bits per heavy atom. The molecule has 1 aliphatic heterocycles. The van der Waals surface area contributed by atoms with Crippen molar-refractivity contribution in [3.8, 4) is 0 Å². The van der Waals surface area contributed by atoms with Crippen LogP contribution in [0.2, 0.25) is 0 Å². The van der Waals surface area contributed by atoms with E-state index in [4.69, 9.17) is 4.42 Å². The molecular weight excluding hydrogens is 420 g/mol. The van der Waals surface area contributed by atoms with Gasteiger partial charge >= 0.3 is 0 Å². The Hall–Kier alpha value is -4.07. The number of carbonyl (C=O) groups is 3. The summed E-state index contributed by atoms with van der Waals surface area (Å²) in [5.41, 5.74) is 2.39. The molecule has 1 saturated heterocycles. The number of nitrogens with one attached hydrogen (secondary N) is 3. The van der Waals surface area contributed by atoms with E-state index in [-0.39, 0.29) is 24.3 Å². The molecule has 3 aromatic rings. The summed E-state index contributed by atoms with van der Waals surface area (Å²) in [6.45, 7) is 1.94. The molecule has 0 saturated carbocycles. The van der Waals surface area contributed by atoms with E-state index < -0.39 is 0 Å². The first kappa shape index (κ1) is 22.1. The molecule has 8 nitrogen and oxygen atoms in total. The van der Waals surface area contributed by atoms with Gasteiger partial charge in [0.05, 0.1) is 19.4 Å². The Balaban J connectivity index is 1.25. The molecule has 0 atom stereocenters. The topological polar surface area (TPSA) is 104 Å². The standard InChI is InChI=1S/C25H26N4O4/c30-23(17-26-21-6-3-5-19(15-21)25(32)29-12-1-2-13-29)28-20-10-8-18(9-11-20)24(31)27-16-22-7-4-14-33-22/h3-11,14-15,26H,1-2,12-13,16-17H2,(H,27,31)(H,28,30). The van der Waals surface area contributed by atoms with Crippen LogP contribution >= 0.6 is 0 Å². The third-order valence-corrected chi connectivity index (χ3v) is 5.39. The lowest BCUT2D eigenvalue weighted by Gasteiger charge is -2.16. The van der Waals surface area contributed by atoms with Crippen LogP contribution < -0.4 is 16.0 Å². The molecule has 3 amide bonds. The lowest BCUT2D eigenvalue weighted by Crippen LogP contribution is -2.27. The zero-order chi connectivity index (χ0) is 23.0. The first-order chi connectivity index (χ1) is 16.1. The van der Waals surface area contributed by atoms with Gasteiger partial charge in [0.25, 0.3) is 11.8 Å². The highest BCUT2D eigenvalue weighted by Crippen LogP contribution is 2.16. The highest BCUT2D eigenvalue weighted by atomic mass is 16.3. The van der Waals surface area contributed by atoms with E-state index >= 15 is 0 Å². The van der Waals surface area contributed by atoms with Crippen LogP contribution in [0.3, 0.4) is 0 Å². The normalized spacial score (nSPS) is 12.9. The van der Waals surface area contributed by atoms with Gasteiger partial charge in [-0.25, -0.2) is 0 Å². The molecule has 1 aromatic heterocycles. The van der Waals surface area contributed by atoms with Crippen LogP contribution in [-0.4, -0.2) is 42.3 Å². The van der Waals surface area contributed by atoms with Crippen LogP contribution in [0.1, 0.15) is 39.3 Å².